The zero-order chi connectivity index (χ0) is 25.9. The first kappa shape index (κ1) is 24.9. The number of ether oxygens (including phenoxy) is 1. The van der Waals surface area contributed by atoms with Crippen LogP contribution in [0.3, 0.4) is 0 Å². The van der Waals surface area contributed by atoms with E-state index in [4.69, 9.17) is 9.15 Å². The molecule has 1 unspecified atom stereocenters. The average molecular weight is 575 g/mol. The highest BCUT2D eigenvalue weighted by molar-refractivity contribution is 9.10. The van der Waals surface area contributed by atoms with Gasteiger partial charge >= 0.3 is 5.97 Å². The summed E-state index contributed by atoms with van der Waals surface area (Å²) < 4.78 is 14.3. The third kappa shape index (κ3) is 5.21. The Hall–Kier alpha value is -3.75. The van der Waals surface area contributed by atoms with Crippen LogP contribution in [0.5, 0.6) is 0 Å². The third-order valence-corrected chi connectivity index (χ3v) is 7.37. The number of esters is 1. The van der Waals surface area contributed by atoms with Gasteiger partial charge in [-0.15, -0.1) is 0 Å². The predicted octanol–water partition coefficient (Wildman–Crippen LogP) is 5.49. The van der Waals surface area contributed by atoms with Crippen LogP contribution in [0.4, 0.5) is 0 Å². The van der Waals surface area contributed by atoms with Crippen LogP contribution >= 0.6 is 27.3 Å². The Morgan fingerprint density at radius 1 is 1.14 bits per heavy atom. The fraction of sp³-hybridized carbons (Fsp3) is 0.138. The van der Waals surface area contributed by atoms with Gasteiger partial charge in [-0.1, -0.05) is 81.9 Å². The van der Waals surface area contributed by atoms with Gasteiger partial charge in [0.25, 0.3) is 5.56 Å². The molecule has 0 aliphatic carbocycles. The second kappa shape index (κ2) is 10.7. The molecular weight excluding hydrogens is 552 g/mol. The molecule has 0 N–H and O–H groups in total. The molecule has 1 aliphatic rings. The number of nitrogens with zero attached hydrogens (tertiary/aromatic N) is 2. The quantitative estimate of drug-likeness (QED) is 0.285. The van der Waals surface area contributed by atoms with E-state index in [-0.39, 0.29) is 12.2 Å². The Morgan fingerprint density at radius 2 is 1.89 bits per heavy atom. The van der Waals surface area contributed by atoms with Crippen molar-refractivity contribution in [3.05, 3.63) is 120 Å². The summed E-state index contributed by atoms with van der Waals surface area (Å²) in [5.41, 5.74) is 2.53. The van der Waals surface area contributed by atoms with Gasteiger partial charge in [0, 0.05) is 16.1 Å². The summed E-state index contributed by atoms with van der Waals surface area (Å²) in [5.74, 6) is 0.780. The van der Waals surface area contributed by atoms with Crippen LogP contribution in [-0.4, -0.2) is 17.1 Å². The molecule has 186 valence electrons. The number of carbonyl (C=O) groups is 1. The van der Waals surface area contributed by atoms with Gasteiger partial charge in [0.1, 0.15) is 11.5 Å². The molecule has 1 atom stereocenters. The second-order valence-electron chi connectivity index (χ2n) is 8.32. The number of carbonyl (C=O) groups excluding carboxylic acids is 1. The number of thiazole rings is 1. The molecule has 37 heavy (non-hydrogen) atoms. The van der Waals surface area contributed by atoms with Crippen LogP contribution in [0, 0.1) is 0 Å². The highest BCUT2D eigenvalue weighted by Gasteiger charge is 2.30. The molecule has 0 spiro atoms. The molecule has 6 nitrogen and oxygen atoms in total. The van der Waals surface area contributed by atoms with Crippen LogP contribution in [0.2, 0.25) is 0 Å². The molecule has 5 rings (SSSR count). The minimum Gasteiger partial charge on any atom is -0.463 e. The fourth-order valence-electron chi connectivity index (χ4n) is 4.11. The van der Waals surface area contributed by atoms with Gasteiger partial charge in [-0.25, -0.2) is 9.79 Å². The maximum Gasteiger partial charge on any atom is 0.338 e. The molecule has 3 heterocycles. The lowest BCUT2D eigenvalue weighted by atomic mass is 10.0. The zero-order valence-electron chi connectivity index (χ0n) is 20.2. The van der Waals surface area contributed by atoms with E-state index in [1.165, 1.54) is 11.3 Å². The first-order chi connectivity index (χ1) is 17.9. The predicted molar refractivity (Wildman–Crippen MR) is 149 cm³/mol. The summed E-state index contributed by atoms with van der Waals surface area (Å²) >= 11 is 4.70. The largest absolute Gasteiger partial charge is 0.463 e. The van der Waals surface area contributed by atoms with Gasteiger partial charge in [-0.3, -0.25) is 9.36 Å². The van der Waals surface area contributed by atoms with Crippen molar-refractivity contribution in [3.8, 4) is 11.3 Å². The maximum atomic E-state index is 13.6. The Bertz CT molecular complexity index is 1690. The van der Waals surface area contributed by atoms with Crippen molar-refractivity contribution in [3.63, 3.8) is 0 Å². The lowest BCUT2D eigenvalue weighted by Crippen LogP contribution is -2.38. The number of aromatic nitrogens is 1. The van der Waals surface area contributed by atoms with E-state index in [1.807, 2.05) is 78.9 Å². The molecule has 2 aromatic heterocycles. The Morgan fingerprint density at radius 3 is 2.62 bits per heavy atom. The summed E-state index contributed by atoms with van der Waals surface area (Å²) in [4.78, 5) is 31.6. The van der Waals surface area contributed by atoms with Gasteiger partial charge in [0.05, 0.1) is 28.5 Å². The van der Waals surface area contributed by atoms with Crippen LogP contribution in [0.25, 0.3) is 23.5 Å². The molecule has 1 aliphatic heterocycles. The van der Waals surface area contributed by atoms with Gasteiger partial charge in [-0.2, -0.15) is 0 Å². The fourth-order valence-corrected chi connectivity index (χ4v) is 5.41. The monoisotopic (exact) mass is 574 g/mol. The van der Waals surface area contributed by atoms with Crippen molar-refractivity contribution >= 4 is 45.4 Å². The first-order valence-corrected chi connectivity index (χ1v) is 13.3. The van der Waals surface area contributed by atoms with Crippen molar-refractivity contribution in [2.75, 3.05) is 6.61 Å². The van der Waals surface area contributed by atoms with Crippen molar-refractivity contribution in [1.29, 1.82) is 0 Å². The molecule has 0 saturated heterocycles. The molecule has 0 fully saturated rings. The van der Waals surface area contributed by atoms with Gasteiger partial charge in [0.15, 0.2) is 4.80 Å². The van der Waals surface area contributed by atoms with Crippen LogP contribution in [0.1, 0.15) is 31.2 Å². The Balaban J connectivity index is 1.58. The zero-order valence-corrected chi connectivity index (χ0v) is 22.6. The SMILES string of the molecule is CCOC(=O)C1=C(C)N=c2sc(=Cc3ccc(-c4ccc(Br)cc4)o3)c(=O)n2C1C=Cc1ccccc1. The highest BCUT2D eigenvalue weighted by atomic mass is 79.9. The summed E-state index contributed by atoms with van der Waals surface area (Å²) in [6.45, 7) is 3.75. The van der Waals surface area contributed by atoms with E-state index < -0.39 is 12.0 Å². The third-order valence-electron chi connectivity index (χ3n) is 5.86. The van der Waals surface area contributed by atoms with Crippen molar-refractivity contribution in [2.45, 2.75) is 19.9 Å². The van der Waals surface area contributed by atoms with Crippen LogP contribution < -0.4 is 14.9 Å². The van der Waals surface area contributed by atoms with Crippen LogP contribution in [-0.2, 0) is 9.53 Å². The van der Waals surface area contributed by atoms with Crippen LogP contribution in [0.15, 0.2) is 103 Å². The number of fused-ring (bicyclic) bond motifs is 1. The lowest BCUT2D eigenvalue weighted by Gasteiger charge is -2.21. The normalized spacial score (nSPS) is 15.6. The number of allylic oxidation sites excluding steroid dienone is 2. The maximum absolute atomic E-state index is 13.6. The standard InChI is InChI=1S/C29H23BrN2O4S/c1-3-35-28(34)26-18(2)31-29-32(23(26)15-9-19-7-5-4-6-8-19)27(33)25(37-29)17-22-14-16-24(36-22)20-10-12-21(30)13-11-20/h4-17,23H,3H2,1-2H3. The highest BCUT2D eigenvalue weighted by Crippen LogP contribution is 2.27. The van der Waals surface area contributed by atoms with Crippen molar-refractivity contribution in [2.24, 2.45) is 4.99 Å². The number of halogens is 1. The smallest absolute Gasteiger partial charge is 0.338 e. The number of rotatable bonds is 6. The summed E-state index contributed by atoms with van der Waals surface area (Å²) in [6, 6.07) is 20.6. The Kier molecular flexibility index (Phi) is 7.21. The molecule has 0 saturated carbocycles. The van der Waals surface area contributed by atoms with Crippen molar-refractivity contribution in [1.82, 2.24) is 4.57 Å². The van der Waals surface area contributed by atoms with E-state index in [0.29, 0.717) is 32.1 Å². The summed E-state index contributed by atoms with van der Waals surface area (Å²) in [5, 5.41) is 0. The summed E-state index contributed by atoms with van der Waals surface area (Å²) in [6.07, 6.45) is 5.46. The van der Waals surface area contributed by atoms with Crippen molar-refractivity contribution < 1.29 is 13.9 Å². The van der Waals surface area contributed by atoms with Gasteiger partial charge in [0.2, 0.25) is 0 Å². The van der Waals surface area contributed by atoms with E-state index in [2.05, 4.69) is 20.9 Å². The molecule has 0 radical (unpaired) electrons. The van der Waals surface area contributed by atoms with E-state index in [1.54, 1.807) is 24.5 Å². The molecule has 2 aromatic carbocycles. The topological polar surface area (TPSA) is 73.8 Å². The minimum atomic E-state index is -0.646. The summed E-state index contributed by atoms with van der Waals surface area (Å²) in [7, 11) is 0. The molecule has 4 aromatic rings. The second-order valence-corrected chi connectivity index (χ2v) is 10.2. The molecule has 0 bridgehead atoms. The minimum absolute atomic E-state index is 0.231. The molecular formula is C29H23BrN2O4S. The average Bonchev–Trinajstić information content (AvgIpc) is 3.48. The number of hydrogen-bond donors (Lipinski definition) is 0. The number of furan rings is 1. The van der Waals surface area contributed by atoms with Gasteiger partial charge in [-0.05, 0) is 43.7 Å². The van der Waals surface area contributed by atoms with E-state index in [0.717, 1.165) is 15.6 Å². The Labute approximate surface area is 225 Å². The molecule has 0 amide bonds. The lowest BCUT2D eigenvalue weighted by molar-refractivity contribution is -0.139. The first-order valence-electron chi connectivity index (χ1n) is 11.7. The number of benzene rings is 2. The van der Waals surface area contributed by atoms with E-state index >= 15 is 0 Å². The van der Waals surface area contributed by atoms with E-state index in [9.17, 15) is 9.59 Å². The molecule has 8 heteroatoms. The van der Waals surface area contributed by atoms with Gasteiger partial charge < -0.3 is 9.15 Å². The number of hydrogen-bond acceptors (Lipinski definition) is 6.